The van der Waals surface area contributed by atoms with Crippen molar-refractivity contribution in [2.24, 2.45) is 0 Å². The topological polar surface area (TPSA) is 92.7 Å². The van der Waals surface area contributed by atoms with Crippen LogP contribution in [0.5, 0.6) is 5.75 Å². The molecular weight excluding hydrogens is 298 g/mol. The molecule has 1 amide bonds. The molecule has 1 aromatic carbocycles. The van der Waals surface area contributed by atoms with E-state index in [1.807, 2.05) is 26.0 Å². The number of rotatable bonds is 2. The zero-order valence-corrected chi connectivity index (χ0v) is 12.9. The quantitative estimate of drug-likeness (QED) is 0.757. The average Bonchev–Trinajstić information content (AvgIpc) is 2.86. The van der Waals surface area contributed by atoms with Crippen LogP contribution in [0.2, 0.25) is 0 Å². The van der Waals surface area contributed by atoms with E-state index in [9.17, 15) is 14.7 Å². The predicted molar refractivity (Wildman–Crippen MR) is 85.0 cm³/mol. The summed E-state index contributed by atoms with van der Waals surface area (Å²) in [6.07, 6.45) is 1.33. The van der Waals surface area contributed by atoms with Gasteiger partial charge in [0.05, 0.1) is 5.56 Å². The normalized spacial score (nSPS) is 10.9. The Morgan fingerprint density at radius 2 is 1.83 bits per heavy atom. The third-order valence-corrected chi connectivity index (χ3v) is 3.73. The fourth-order valence-electron chi connectivity index (χ4n) is 2.35. The fraction of sp³-hybridized carbons (Fsp3) is 0.176. The molecule has 0 bridgehead atoms. The Morgan fingerprint density at radius 3 is 2.52 bits per heavy atom. The third kappa shape index (κ3) is 2.59. The van der Waals surface area contributed by atoms with E-state index in [-0.39, 0.29) is 22.8 Å². The molecule has 0 aliphatic carbocycles. The zero-order chi connectivity index (χ0) is 16.7. The van der Waals surface area contributed by atoms with Crippen LogP contribution in [0.4, 0.5) is 5.69 Å². The standard InChI is InChI=1S/C17H15NO5/c1-8-4-11-12(7-22-14(11)5-9(8)2)16(20)18-15-13(19)6-10(3)23-17(15)21/h4-7,19H,1-3H3,(H,18,20). The summed E-state index contributed by atoms with van der Waals surface area (Å²) >= 11 is 0. The Morgan fingerprint density at radius 1 is 1.13 bits per heavy atom. The van der Waals surface area contributed by atoms with Gasteiger partial charge in [-0.2, -0.15) is 0 Å². The van der Waals surface area contributed by atoms with E-state index in [1.54, 1.807) is 0 Å². The van der Waals surface area contributed by atoms with Gasteiger partial charge < -0.3 is 19.3 Å². The zero-order valence-electron chi connectivity index (χ0n) is 12.9. The van der Waals surface area contributed by atoms with Crippen molar-refractivity contribution in [2.75, 3.05) is 5.32 Å². The fourth-order valence-corrected chi connectivity index (χ4v) is 2.35. The molecule has 0 unspecified atom stereocenters. The molecule has 118 valence electrons. The lowest BCUT2D eigenvalue weighted by Gasteiger charge is -2.06. The molecule has 0 fully saturated rings. The van der Waals surface area contributed by atoms with Crippen molar-refractivity contribution in [3.8, 4) is 5.75 Å². The highest BCUT2D eigenvalue weighted by atomic mass is 16.4. The van der Waals surface area contributed by atoms with Crippen molar-refractivity contribution in [2.45, 2.75) is 20.8 Å². The summed E-state index contributed by atoms with van der Waals surface area (Å²) in [7, 11) is 0. The Hall–Kier alpha value is -3.02. The molecule has 2 heterocycles. The highest BCUT2D eigenvalue weighted by Gasteiger charge is 2.18. The van der Waals surface area contributed by atoms with Gasteiger partial charge in [0.25, 0.3) is 5.91 Å². The van der Waals surface area contributed by atoms with Crippen molar-refractivity contribution in [1.29, 1.82) is 0 Å². The van der Waals surface area contributed by atoms with Gasteiger partial charge in [0.15, 0.2) is 5.69 Å². The van der Waals surface area contributed by atoms with Gasteiger partial charge in [0, 0.05) is 11.5 Å². The molecule has 0 aliphatic heterocycles. The SMILES string of the molecule is Cc1cc(O)c(NC(=O)c2coc3cc(C)c(C)cc23)c(=O)o1. The number of carbonyl (C=O) groups is 1. The minimum Gasteiger partial charge on any atom is -0.505 e. The number of furan rings is 1. The van der Waals surface area contributed by atoms with Gasteiger partial charge in [0.1, 0.15) is 23.4 Å². The molecule has 0 atom stereocenters. The smallest absolute Gasteiger partial charge is 0.363 e. The largest absolute Gasteiger partial charge is 0.505 e. The molecule has 0 aliphatic rings. The number of amides is 1. The number of fused-ring (bicyclic) bond motifs is 1. The lowest BCUT2D eigenvalue weighted by molar-refractivity contribution is 0.102. The first kappa shape index (κ1) is 14.9. The van der Waals surface area contributed by atoms with Gasteiger partial charge in [-0.15, -0.1) is 0 Å². The number of carbonyl (C=O) groups excluding carboxylic acids is 1. The molecule has 0 saturated carbocycles. The van der Waals surface area contributed by atoms with Crippen molar-refractivity contribution in [1.82, 2.24) is 0 Å². The first-order valence-electron chi connectivity index (χ1n) is 7.00. The number of benzene rings is 1. The van der Waals surface area contributed by atoms with Gasteiger partial charge in [-0.05, 0) is 44.0 Å². The summed E-state index contributed by atoms with van der Waals surface area (Å²) in [6.45, 7) is 5.41. The highest BCUT2D eigenvalue weighted by Crippen LogP contribution is 2.26. The number of anilines is 1. The van der Waals surface area contributed by atoms with E-state index in [2.05, 4.69) is 5.32 Å². The molecule has 6 heteroatoms. The second kappa shape index (κ2) is 5.31. The van der Waals surface area contributed by atoms with Crippen LogP contribution in [-0.4, -0.2) is 11.0 Å². The summed E-state index contributed by atoms with van der Waals surface area (Å²) in [5, 5.41) is 12.8. The number of hydrogen-bond donors (Lipinski definition) is 2. The van der Waals surface area contributed by atoms with Crippen LogP contribution < -0.4 is 10.9 Å². The van der Waals surface area contributed by atoms with E-state index >= 15 is 0 Å². The maximum absolute atomic E-state index is 12.4. The van der Waals surface area contributed by atoms with Crippen LogP contribution in [-0.2, 0) is 0 Å². The van der Waals surface area contributed by atoms with Crippen molar-refractivity contribution >= 4 is 22.6 Å². The summed E-state index contributed by atoms with van der Waals surface area (Å²) in [4.78, 5) is 24.2. The second-order valence-corrected chi connectivity index (χ2v) is 5.44. The van der Waals surface area contributed by atoms with E-state index in [0.717, 1.165) is 11.1 Å². The minimum absolute atomic E-state index is 0.255. The first-order chi connectivity index (χ1) is 10.9. The molecule has 0 radical (unpaired) electrons. The van der Waals surface area contributed by atoms with Crippen LogP contribution in [0.1, 0.15) is 27.2 Å². The van der Waals surface area contributed by atoms with Crippen molar-refractivity contribution in [3.05, 3.63) is 57.3 Å². The van der Waals surface area contributed by atoms with Gasteiger partial charge in [-0.1, -0.05) is 0 Å². The predicted octanol–water partition coefficient (Wildman–Crippen LogP) is 3.27. The Bertz CT molecular complexity index is 981. The monoisotopic (exact) mass is 313 g/mol. The molecular formula is C17H15NO5. The third-order valence-electron chi connectivity index (χ3n) is 3.73. The first-order valence-corrected chi connectivity index (χ1v) is 7.00. The van der Waals surface area contributed by atoms with Gasteiger partial charge in [-0.3, -0.25) is 4.79 Å². The average molecular weight is 313 g/mol. The molecule has 6 nitrogen and oxygen atoms in total. The maximum atomic E-state index is 12.4. The van der Waals surface area contributed by atoms with Gasteiger partial charge >= 0.3 is 5.63 Å². The summed E-state index contributed by atoms with van der Waals surface area (Å²) < 4.78 is 10.3. The van der Waals surface area contributed by atoms with Crippen molar-refractivity contribution in [3.63, 3.8) is 0 Å². The van der Waals surface area contributed by atoms with Gasteiger partial charge in [0.2, 0.25) is 0 Å². The summed E-state index contributed by atoms with van der Waals surface area (Å²) in [5.74, 6) is -0.643. The molecule has 0 saturated heterocycles. The lowest BCUT2D eigenvalue weighted by atomic mass is 10.1. The molecule has 2 N–H and O–H groups in total. The number of aromatic hydroxyl groups is 1. The van der Waals surface area contributed by atoms with Gasteiger partial charge in [-0.25, -0.2) is 4.79 Å². The highest BCUT2D eigenvalue weighted by molar-refractivity contribution is 6.12. The van der Waals surface area contributed by atoms with E-state index in [1.165, 1.54) is 19.3 Å². The summed E-state index contributed by atoms with van der Waals surface area (Å²) in [5.41, 5.74) is 1.83. The number of aryl methyl sites for hydroxylation is 3. The molecule has 2 aromatic heterocycles. The Labute approximate surface area is 131 Å². The minimum atomic E-state index is -0.810. The van der Waals surface area contributed by atoms with Crippen LogP contribution in [0.15, 0.2) is 38.1 Å². The van der Waals surface area contributed by atoms with E-state index in [0.29, 0.717) is 11.0 Å². The van der Waals surface area contributed by atoms with Crippen LogP contribution >= 0.6 is 0 Å². The Balaban J connectivity index is 2.02. The molecule has 0 spiro atoms. The maximum Gasteiger partial charge on any atom is 0.363 e. The van der Waals surface area contributed by atoms with E-state index in [4.69, 9.17) is 8.83 Å². The molecule has 3 rings (SSSR count). The Kier molecular flexibility index (Phi) is 3.44. The number of hydrogen-bond acceptors (Lipinski definition) is 5. The lowest BCUT2D eigenvalue weighted by Crippen LogP contribution is -2.18. The molecule has 23 heavy (non-hydrogen) atoms. The van der Waals surface area contributed by atoms with E-state index < -0.39 is 11.5 Å². The van der Waals surface area contributed by atoms with Crippen molar-refractivity contribution < 1.29 is 18.7 Å². The number of nitrogens with one attached hydrogen (secondary N) is 1. The van der Waals surface area contributed by atoms with Crippen LogP contribution in [0.3, 0.4) is 0 Å². The van der Waals surface area contributed by atoms with Crippen LogP contribution in [0.25, 0.3) is 11.0 Å². The van der Waals surface area contributed by atoms with Crippen LogP contribution in [0, 0.1) is 20.8 Å². The summed E-state index contributed by atoms with van der Waals surface area (Å²) in [6, 6.07) is 4.96. The molecule has 3 aromatic rings. The second-order valence-electron chi connectivity index (χ2n) is 5.44.